The number of hydrogen-bond acceptors (Lipinski definition) is 2. The molecule has 0 aromatic rings. The fourth-order valence-electron chi connectivity index (χ4n) is 1.07. The molecule has 0 spiro atoms. The van der Waals surface area contributed by atoms with Crippen LogP contribution in [0.5, 0.6) is 0 Å². The number of alkyl halides is 1. The Bertz CT molecular complexity index is 134. The van der Waals surface area contributed by atoms with Crippen LogP contribution in [-0.2, 0) is 9.53 Å². The quantitative estimate of drug-likeness (QED) is 0.644. The van der Waals surface area contributed by atoms with Gasteiger partial charge in [-0.3, -0.25) is 4.79 Å². The maximum absolute atomic E-state index is 11.6. The van der Waals surface area contributed by atoms with E-state index in [2.05, 4.69) is 5.32 Å². The number of carbonyl (C=O) groups excluding carboxylic acids is 1. The Balaban J connectivity index is 2.17. The van der Waals surface area contributed by atoms with Crippen molar-refractivity contribution in [2.75, 3.05) is 19.8 Å². The van der Waals surface area contributed by atoms with Crippen LogP contribution in [0.3, 0.4) is 0 Å². The highest BCUT2D eigenvalue weighted by Gasteiger charge is 2.22. The molecule has 0 bridgehead atoms. The molecule has 4 heteroatoms. The second-order valence-corrected chi connectivity index (χ2v) is 2.48. The number of hydrogen-bond donors (Lipinski definition) is 1. The van der Waals surface area contributed by atoms with Crippen molar-refractivity contribution >= 4 is 5.91 Å². The summed E-state index contributed by atoms with van der Waals surface area (Å²) >= 11 is 0. The van der Waals surface area contributed by atoms with Crippen molar-refractivity contribution in [1.29, 1.82) is 0 Å². The third kappa shape index (κ3) is 2.46. The number of nitrogens with one attached hydrogen (secondary N) is 1. The van der Waals surface area contributed by atoms with E-state index in [1.807, 2.05) is 0 Å². The molecule has 64 valence electrons. The van der Waals surface area contributed by atoms with Crippen molar-refractivity contribution in [3.63, 3.8) is 0 Å². The largest absolute Gasteiger partial charge is 0.368 e. The summed E-state index contributed by atoms with van der Waals surface area (Å²) in [5.74, 6) is -0.180. The van der Waals surface area contributed by atoms with Gasteiger partial charge in [-0.15, -0.1) is 0 Å². The molecule has 1 unspecified atom stereocenters. The molecule has 1 rings (SSSR count). The maximum Gasteiger partial charge on any atom is 0.249 e. The van der Waals surface area contributed by atoms with E-state index in [1.165, 1.54) is 0 Å². The van der Waals surface area contributed by atoms with Gasteiger partial charge in [0, 0.05) is 13.2 Å². The molecule has 11 heavy (non-hydrogen) atoms. The van der Waals surface area contributed by atoms with E-state index in [4.69, 9.17) is 4.74 Å². The Kier molecular flexibility index (Phi) is 3.29. The lowest BCUT2D eigenvalue weighted by atomic mass is 10.2. The normalized spacial score (nSPS) is 23.5. The van der Waals surface area contributed by atoms with Crippen LogP contribution >= 0.6 is 0 Å². The summed E-state index contributed by atoms with van der Waals surface area (Å²) in [6.07, 6.45) is 1.35. The van der Waals surface area contributed by atoms with Crippen LogP contribution in [0, 0.1) is 0 Å². The first-order valence-electron chi connectivity index (χ1n) is 3.80. The fraction of sp³-hybridized carbons (Fsp3) is 0.857. The molecule has 3 nitrogen and oxygen atoms in total. The zero-order chi connectivity index (χ0) is 8.10. The summed E-state index contributed by atoms with van der Waals surface area (Å²) < 4.78 is 16.7. The molecule has 1 N–H and O–H groups in total. The summed E-state index contributed by atoms with van der Waals surface area (Å²) in [6, 6.07) is 0. The fourth-order valence-corrected chi connectivity index (χ4v) is 1.07. The molecule has 1 fully saturated rings. The van der Waals surface area contributed by atoms with Crippen LogP contribution in [-0.4, -0.2) is 31.8 Å². The first-order chi connectivity index (χ1) is 5.34. The molecule has 0 aromatic carbocycles. The van der Waals surface area contributed by atoms with Crippen LogP contribution in [0.25, 0.3) is 0 Å². The van der Waals surface area contributed by atoms with E-state index in [-0.39, 0.29) is 18.6 Å². The van der Waals surface area contributed by atoms with Crippen LogP contribution < -0.4 is 5.32 Å². The van der Waals surface area contributed by atoms with E-state index in [0.29, 0.717) is 6.61 Å². The Hall–Kier alpha value is -0.640. The first kappa shape index (κ1) is 8.46. The van der Waals surface area contributed by atoms with E-state index < -0.39 is 6.67 Å². The lowest BCUT2D eigenvalue weighted by Gasteiger charge is -2.07. The standard InChI is InChI=1S/C7H12FNO2/c8-3-4-9-7(10)6-2-1-5-11-6/h6H,1-5H2,(H,9,10). The number of halogens is 1. The van der Waals surface area contributed by atoms with Gasteiger partial charge in [0.2, 0.25) is 5.91 Å². The topological polar surface area (TPSA) is 38.3 Å². The predicted molar refractivity (Wildman–Crippen MR) is 38.0 cm³/mol. The van der Waals surface area contributed by atoms with Gasteiger partial charge in [0.1, 0.15) is 12.8 Å². The summed E-state index contributed by atoms with van der Waals surface area (Å²) in [5.41, 5.74) is 0. The minimum Gasteiger partial charge on any atom is -0.368 e. The van der Waals surface area contributed by atoms with Crippen molar-refractivity contribution in [1.82, 2.24) is 5.32 Å². The average Bonchev–Trinajstić information content (AvgIpc) is 2.52. The maximum atomic E-state index is 11.6. The van der Waals surface area contributed by atoms with Gasteiger partial charge in [-0.25, -0.2) is 4.39 Å². The highest BCUT2D eigenvalue weighted by atomic mass is 19.1. The van der Waals surface area contributed by atoms with Crippen LogP contribution in [0.1, 0.15) is 12.8 Å². The summed E-state index contributed by atoms with van der Waals surface area (Å²) in [6.45, 7) is 0.227. The predicted octanol–water partition coefficient (Wildman–Crippen LogP) is 0.251. The molecule has 1 atom stereocenters. The molecule has 1 heterocycles. The van der Waals surface area contributed by atoms with E-state index >= 15 is 0 Å². The SMILES string of the molecule is O=C(NCCF)C1CCCO1. The second-order valence-electron chi connectivity index (χ2n) is 2.48. The Morgan fingerprint density at radius 1 is 1.73 bits per heavy atom. The molecule has 0 saturated carbocycles. The highest BCUT2D eigenvalue weighted by Crippen LogP contribution is 2.11. The summed E-state index contributed by atoms with van der Waals surface area (Å²) in [5, 5.41) is 2.44. The molecule has 1 amide bonds. The van der Waals surface area contributed by atoms with Crippen molar-refractivity contribution in [3.8, 4) is 0 Å². The van der Waals surface area contributed by atoms with Crippen LogP contribution in [0.2, 0.25) is 0 Å². The Labute approximate surface area is 64.9 Å². The highest BCUT2D eigenvalue weighted by molar-refractivity contribution is 5.80. The lowest BCUT2D eigenvalue weighted by Crippen LogP contribution is -2.35. The summed E-state index contributed by atoms with van der Waals surface area (Å²) in [7, 11) is 0. The molecule has 0 aliphatic carbocycles. The van der Waals surface area contributed by atoms with Crippen LogP contribution in [0.4, 0.5) is 4.39 Å². The smallest absolute Gasteiger partial charge is 0.249 e. The average molecular weight is 161 g/mol. The third-order valence-electron chi connectivity index (χ3n) is 1.62. The molecule has 0 aromatic heterocycles. The van der Waals surface area contributed by atoms with Gasteiger partial charge in [-0.2, -0.15) is 0 Å². The van der Waals surface area contributed by atoms with E-state index in [0.717, 1.165) is 12.8 Å². The van der Waals surface area contributed by atoms with Crippen molar-refractivity contribution < 1.29 is 13.9 Å². The number of rotatable bonds is 3. The Morgan fingerprint density at radius 3 is 3.09 bits per heavy atom. The van der Waals surface area contributed by atoms with Gasteiger partial charge in [0.25, 0.3) is 0 Å². The molecule has 1 saturated heterocycles. The number of carbonyl (C=O) groups is 1. The van der Waals surface area contributed by atoms with Gasteiger partial charge in [0.05, 0.1) is 0 Å². The lowest BCUT2D eigenvalue weighted by molar-refractivity contribution is -0.130. The third-order valence-corrected chi connectivity index (χ3v) is 1.62. The molecular formula is C7H12FNO2. The molecular weight excluding hydrogens is 149 g/mol. The zero-order valence-electron chi connectivity index (χ0n) is 6.31. The Morgan fingerprint density at radius 2 is 2.55 bits per heavy atom. The second kappa shape index (κ2) is 4.28. The molecule has 1 aliphatic heterocycles. The van der Waals surface area contributed by atoms with Crippen molar-refractivity contribution in [2.45, 2.75) is 18.9 Å². The van der Waals surface area contributed by atoms with Crippen molar-refractivity contribution in [3.05, 3.63) is 0 Å². The van der Waals surface area contributed by atoms with Gasteiger partial charge >= 0.3 is 0 Å². The number of ether oxygens (including phenoxy) is 1. The summed E-state index contributed by atoms with van der Waals surface area (Å²) in [4.78, 5) is 11.0. The van der Waals surface area contributed by atoms with E-state index in [9.17, 15) is 9.18 Å². The zero-order valence-corrected chi connectivity index (χ0v) is 6.31. The van der Waals surface area contributed by atoms with E-state index in [1.54, 1.807) is 0 Å². The minimum atomic E-state index is -0.515. The monoisotopic (exact) mass is 161 g/mol. The van der Waals surface area contributed by atoms with Gasteiger partial charge in [-0.1, -0.05) is 0 Å². The van der Waals surface area contributed by atoms with Gasteiger partial charge < -0.3 is 10.1 Å². The van der Waals surface area contributed by atoms with Gasteiger partial charge in [-0.05, 0) is 12.8 Å². The number of amides is 1. The minimum absolute atomic E-state index is 0.0959. The molecule has 1 aliphatic rings. The van der Waals surface area contributed by atoms with Crippen molar-refractivity contribution in [2.24, 2.45) is 0 Å². The van der Waals surface area contributed by atoms with Crippen LogP contribution in [0.15, 0.2) is 0 Å². The molecule has 0 radical (unpaired) electrons. The first-order valence-corrected chi connectivity index (χ1v) is 3.80. The van der Waals surface area contributed by atoms with Gasteiger partial charge in [0.15, 0.2) is 0 Å².